The highest BCUT2D eigenvalue weighted by Crippen LogP contribution is 2.66. The Hall–Kier alpha value is -1.68. The number of phosphoric acid groups is 3. The van der Waals surface area contributed by atoms with Crippen molar-refractivity contribution in [1.29, 1.82) is 0 Å². The normalized spacial score (nSPS) is 27.8. The lowest BCUT2D eigenvalue weighted by molar-refractivity contribution is -0.0455. The fraction of sp³-hybridized carbons (Fsp3) is 0.556. The number of H-pyrrole nitrogens is 1. The zero-order valence-electron chi connectivity index (χ0n) is 14.7. The Balaban J connectivity index is 2.16. The fourth-order valence-corrected chi connectivity index (χ4v) is 5.41. The highest BCUT2D eigenvalue weighted by molar-refractivity contribution is 7.66. The molecule has 6 atom stereocenters. The van der Waals surface area contributed by atoms with Crippen LogP contribution in [0.5, 0.6) is 0 Å². The van der Waals surface area contributed by atoms with Gasteiger partial charge in [0.25, 0.3) is 5.56 Å². The SMILES string of the molecule is [N-]=[N+]=NC1C(O)C(COP(=O)(O)OP(=O)(O)OP(=O)(O)O)OC1n1ccc(=O)[nH]c1=O. The predicted molar refractivity (Wildman–Crippen MR) is 94.0 cm³/mol. The van der Waals surface area contributed by atoms with Crippen LogP contribution in [-0.4, -0.2) is 59.1 Å². The maximum absolute atomic E-state index is 11.9. The van der Waals surface area contributed by atoms with Crippen LogP contribution in [0, 0.1) is 0 Å². The Kier molecular flexibility index (Phi) is 7.79. The van der Waals surface area contributed by atoms with Crippen molar-refractivity contribution in [2.24, 2.45) is 5.11 Å². The van der Waals surface area contributed by atoms with Crippen LogP contribution in [0.3, 0.4) is 0 Å². The number of aromatic nitrogens is 2. The lowest BCUT2D eigenvalue weighted by Gasteiger charge is -2.19. The summed E-state index contributed by atoms with van der Waals surface area (Å²) in [4.78, 5) is 62.9. The molecule has 6 N–H and O–H groups in total. The Morgan fingerprint density at radius 1 is 1.19 bits per heavy atom. The van der Waals surface area contributed by atoms with Crippen molar-refractivity contribution in [3.63, 3.8) is 0 Å². The van der Waals surface area contributed by atoms with E-state index < -0.39 is 65.8 Å². The molecule has 1 fully saturated rings. The zero-order valence-corrected chi connectivity index (χ0v) is 17.4. The van der Waals surface area contributed by atoms with Gasteiger partial charge in [-0.05, 0) is 5.53 Å². The van der Waals surface area contributed by atoms with Gasteiger partial charge >= 0.3 is 29.2 Å². The summed E-state index contributed by atoms with van der Waals surface area (Å²) >= 11 is 0. The summed E-state index contributed by atoms with van der Waals surface area (Å²) < 4.78 is 51.1. The molecule has 1 aromatic heterocycles. The van der Waals surface area contributed by atoms with Crippen molar-refractivity contribution < 1.29 is 56.3 Å². The number of azide groups is 1. The minimum absolute atomic E-state index is 0.745. The van der Waals surface area contributed by atoms with E-state index in [1.54, 1.807) is 0 Å². The highest BCUT2D eigenvalue weighted by Gasteiger charge is 2.47. The van der Waals surface area contributed by atoms with Crippen LogP contribution in [0.15, 0.2) is 27.0 Å². The van der Waals surface area contributed by atoms with Crippen LogP contribution in [0.25, 0.3) is 10.4 Å². The van der Waals surface area contributed by atoms with E-state index in [2.05, 4.69) is 23.2 Å². The molecule has 19 nitrogen and oxygen atoms in total. The molecule has 2 heterocycles. The van der Waals surface area contributed by atoms with E-state index in [9.17, 15) is 33.3 Å². The average molecular weight is 509 g/mol. The van der Waals surface area contributed by atoms with Gasteiger partial charge in [-0.25, -0.2) is 18.5 Å². The lowest BCUT2D eigenvalue weighted by atomic mass is 10.1. The molecule has 0 aliphatic carbocycles. The van der Waals surface area contributed by atoms with Gasteiger partial charge in [-0.15, -0.1) is 0 Å². The van der Waals surface area contributed by atoms with Crippen LogP contribution >= 0.6 is 23.5 Å². The summed E-state index contributed by atoms with van der Waals surface area (Å²) in [5.74, 6) is 0. The molecule has 1 aliphatic heterocycles. The first kappa shape index (κ1) is 25.6. The minimum atomic E-state index is -5.76. The standard InChI is InChI=1S/C9H14N5O14P3/c10-13-12-6-7(16)4(26-8(6)14-2-1-5(15)11-9(14)17)3-25-30(21,22)28-31(23,24)27-29(18,19)20/h1-2,4,6-8,16H,3H2,(H,21,22)(H,23,24)(H,11,15,17)(H2,18,19,20). The maximum Gasteiger partial charge on any atom is 0.490 e. The second-order valence-electron chi connectivity index (χ2n) is 5.66. The number of phosphoric ester groups is 1. The molecule has 1 aromatic rings. The molecule has 0 saturated carbocycles. The topological polar surface area (TPSA) is 293 Å². The number of ether oxygens (including phenoxy) is 1. The summed E-state index contributed by atoms with van der Waals surface area (Å²) in [6.45, 7) is -1.06. The molecule has 6 unspecified atom stereocenters. The molecule has 31 heavy (non-hydrogen) atoms. The van der Waals surface area contributed by atoms with Gasteiger partial charge in [-0.2, -0.15) is 8.62 Å². The van der Waals surface area contributed by atoms with E-state index in [1.807, 2.05) is 4.98 Å². The number of aromatic amines is 1. The molecule has 0 aromatic carbocycles. The van der Waals surface area contributed by atoms with Gasteiger partial charge in [-0.3, -0.25) is 18.9 Å². The Bertz CT molecular complexity index is 1120. The molecule has 0 spiro atoms. The molecule has 0 bridgehead atoms. The van der Waals surface area contributed by atoms with Crippen LogP contribution < -0.4 is 11.2 Å². The predicted octanol–water partition coefficient (Wildman–Crippen LogP) is -1.18. The van der Waals surface area contributed by atoms with Gasteiger partial charge in [0.15, 0.2) is 0 Å². The molecule has 0 amide bonds. The first-order chi connectivity index (χ1) is 14.1. The zero-order chi connectivity index (χ0) is 23.6. The first-order valence-corrected chi connectivity index (χ1v) is 12.1. The number of aliphatic hydroxyl groups excluding tert-OH is 1. The number of nitrogens with zero attached hydrogens (tertiary/aromatic N) is 4. The van der Waals surface area contributed by atoms with Gasteiger partial charge in [-0.1, -0.05) is 5.11 Å². The van der Waals surface area contributed by atoms with Crippen LogP contribution in [0.4, 0.5) is 0 Å². The molecular formula is C9H14N5O14P3. The van der Waals surface area contributed by atoms with Crippen LogP contribution in [0.1, 0.15) is 6.23 Å². The fourth-order valence-electron chi connectivity index (χ4n) is 2.38. The van der Waals surface area contributed by atoms with Crippen molar-refractivity contribution in [3.05, 3.63) is 43.5 Å². The monoisotopic (exact) mass is 509 g/mol. The number of nitrogens with one attached hydrogen (secondary N) is 1. The third-order valence-electron chi connectivity index (χ3n) is 3.47. The summed E-state index contributed by atoms with van der Waals surface area (Å²) in [6, 6.07) is -0.563. The first-order valence-electron chi connectivity index (χ1n) is 7.62. The van der Waals surface area contributed by atoms with Crippen molar-refractivity contribution in [1.82, 2.24) is 9.55 Å². The van der Waals surface area contributed by atoms with Gasteiger partial charge < -0.3 is 29.4 Å². The molecule has 22 heteroatoms. The van der Waals surface area contributed by atoms with Gasteiger partial charge in [0.2, 0.25) is 0 Å². The van der Waals surface area contributed by atoms with E-state index in [4.69, 9.17) is 24.9 Å². The van der Waals surface area contributed by atoms with Gasteiger partial charge in [0.1, 0.15) is 18.4 Å². The number of hydrogen-bond donors (Lipinski definition) is 6. The molecule has 174 valence electrons. The third kappa shape index (κ3) is 7.17. The van der Waals surface area contributed by atoms with Crippen molar-refractivity contribution in [2.75, 3.05) is 6.61 Å². The minimum Gasteiger partial charge on any atom is -0.390 e. The van der Waals surface area contributed by atoms with Crippen molar-refractivity contribution >= 4 is 23.5 Å². The summed E-state index contributed by atoms with van der Waals surface area (Å²) in [6.07, 6.45) is -3.86. The second kappa shape index (κ2) is 9.44. The number of aliphatic hydroxyl groups is 1. The quantitative estimate of drug-likeness (QED) is 0.0988. The van der Waals surface area contributed by atoms with E-state index in [-0.39, 0.29) is 0 Å². The Morgan fingerprint density at radius 2 is 1.84 bits per heavy atom. The van der Waals surface area contributed by atoms with Crippen LogP contribution in [-0.2, 0) is 31.6 Å². The third-order valence-corrected chi connectivity index (χ3v) is 7.27. The second-order valence-corrected chi connectivity index (χ2v) is 10.1. The van der Waals surface area contributed by atoms with E-state index in [1.165, 1.54) is 0 Å². The van der Waals surface area contributed by atoms with E-state index >= 15 is 0 Å². The summed E-state index contributed by atoms with van der Waals surface area (Å²) in [5.41, 5.74) is 6.90. The largest absolute Gasteiger partial charge is 0.490 e. The lowest BCUT2D eigenvalue weighted by Crippen LogP contribution is -2.36. The summed E-state index contributed by atoms with van der Waals surface area (Å²) in [7, 11) is -16.9. The highest BCUT2D eigenvalue weighted by atomic mass is 31.3. The molecule has 2 rings (SSSR count). The van der Waals surface area contributed by atoms with Crippen molar-refractivity contribution in [3.8, 4) is 0 Å². The molecule has 0 radical (unpaired) electrons. The summed E-state index contributed by atoms with van der Waals surface area (Å²) in [5, 5.41) is 13.5. The Morgan fingerprint density at radius 3 is 2.39 bits per heavy atom. The number of hydrogen-bond acceptors (Lipinski definition) is 11. The smallest absolute Gasteiger partial charge is 0.390 e. The average Bonchev–Trinajstić information content (AvgIpc) is 2.86. The molecule has 1 aliphatic rings. The molecule has 1 saturated heterocycles. The Labute approximate surface area is 169 Å². The van der Waals surface area contributed by atoms with E-state index in [0.29, 0.717) is 0 Å². The number of rotatable bonds is 9. The van der Waals surface area contributed by atoms with Crippen molar-refractivity contribution in [2.45, 2.75) is 24.5 Å². The van der Waals surface area contributed by atoms with Gasteiger partial charge in [0, 0.05) is 17.2 Å². The van der Waals surface area contributed by atoms with Crippen LogP contribution in [0.2, 0.25) is 0 Å². The van der Waals surface area contributed by atoms with Gasteiger partial charge in [0.05, 0.1) is 12.7 Å². The van der Waals surface area contributed by atoms with E-state index in [0.717, 1.165) is 16.8 Å². The maximum atomic E-state index is 11.9. The molecular weight excluding hydrogens is 495 g/mol.